The van der Waals surface area contributed by atoms with Crippen LogP contribution in [0.4, 0.5) is 0 Å². The highest BCUT2D eigenvalue weighted by molar-refractivity contribution is 7.92. The van der Waals surface area contributed by atoms with Gasteiger partial charge < -0.3 is 9.52 Å². The molecule has 1 aromatic heterocycles. The van der Waals surface area contributed by atoms with Crippen molar-refractivity contribution in [2.45, 2.75) is 48.2 Å². The summed E-state index contributed by atoms with van der Waals surface area (Å²) >= 11 is 0. The van der Waals surface area contributed by atoms with Gasteiger partial charge in [0.15, 0.2) is 9.84 Å². The zero-order valence-corrected chi connectivity index (χ0v) is 14.6. The van der Waals surface area contributed by atoms with Gasteiger partial charge in [0.2, 0.25) is 0 Å². The van der Waals surface area contributed by atoms with Crippen LogP contribution in [0.5, 0.6) is 0 Å². The highest BCUT2D eigenvalue weighted by Gasteiger charge is 2.50. The molecule has 2 bridgehead atoms. The standard InChI is InChI=1S/C20H20O4S/c21-20(11-14-4-3-5-15(12-20)25(14,22)23)13-8-9-19-17(10-13)16-6-1-2-7-18(16)24-19/h1-2,6-10,14-15,21H,3-5,11-12H2. The average Bonchev–Trinajstić information content (AvgIpc) is 2.94. The van der Waals surface area contributed by atoms with Gasteiger partial charge in [-0.3, -0.25) is 0 Å². The van der Waals surface area contributed by atoms with Gasteiger partial charge >= 0.3 is 0 Å². The molecule has 2 unspecified atom stereocenters. The Morgan fingerprint density at radius 3 is 2.40 bits per heavy atom. The minimum atomic E-state index is -3.09. The Morgan fingerprint density at radius 2 is 1.64 bits per heavy atom. The molecule has 5 rings (SSSR count). The molecule has 0 aliphatic carbocycles. The summed E-state index contributed by atoms with van der Waals surface area (Å²) in [4.78, 5) is 0. The van der Waals surface area contributed by atoms with Crippen LogP contribution in [0.25, 0.3) is 21.9 Å². The Morgan fingerprint density at radius 1 is 0.960 bits per heavy atom. The van der Waals surface area contributed by atoms with Gasteiger partial charge in [0.25, 0.3) is 0 Å². The van der Waals surface area contributed by atoms with E-state index in [-0.39, 0.29) is 0 Å². The maximum atomic E-state index is 12.5. The molecule has 2 saturated heterocycles. The molecular formula is C20H20O4S. The van der Waals surface area contributed by atoms with Crippen LogP contribution in [0.3, 0.4) is 0 Å². The molecule has 4 nitrogen and oxygen atoms in total. The molecule has 2 aromatic carbocycles. The first-order valence-corrected chi connectivity index (χ1v) is 10.5. The smallest absolute Gasteiger partial charge is 0.156 e. The lowest BCUT2D eigenvalue weighted by molar-refractivity contribution is 0.00512. The fraction of sp³-hybridized carbons (Fsp3) is 0.400. The second kappa shape index (κ2) is 5.08. The number of fused-ring (bicyclic) bond motifs is 5. The van der Waals surface area contributed by atoms with Crippen molar-refractivity contribution >= 4 is 31.8 Å². The molecule has 0 spiro atoms. The lowest BCUT2D eigenvalue weighted by Crippen LogP contribution is -2.50. The molecule has 1 N–H and O–H groups in total. The fourth-order valence-electron chi connectivity index (χ4n) is 4.70. The van der Waals surface area contributed by atoms with Crippen LogP contribution in [-0.2, 0) is 15.4 Å². The molecule has 0 radical (unpaired) electrons. The van der Waals surface area contributed by atoms with Gasteiger partial charge in [-0.15, -0.1) is 0 Å². The fourth-order valence-corrected chi connectivity index (χ4v) is 7.25. The summed E-state index contributed by atoms with van der Waals surface area (Å²) in [7, 11) is -3.09. The lowest BCUT2D eigenvalue weighted by atomic mass is 9.80. The summed E-state index contributed by atoms with van der Waals surface area (Å²) in [6.45, 7) is 0. The Hall–Kier alpha value is -1.85. The zero-order chi connectivity index (χ0) is 17.2. The Kier molecular flexibility index (Phi) is 3.13. The van der Waals surface area contributed by atoms with E-state index >= 15 is 0 Å². The topological polar surface area (TPSA) is 67.5 Å². The third-order valence-electron chi connectivity index (χ3n) is 6.03. The molecule has 2 atom stereocenters. The summed E-state index contributed by atoms with van der Waals surface area (Å²) < 4.78 is 30.9. The van der Waals surface area contributed by atoms with Crippen molar-refractivity contribution in [3.05, 3.63) is 48.0 Å². The number of sulfone groups is 1. The van der Waals surface area contributed by atoms with Crippen LogP contribution in [0, 0.1) is 0 Å². The highest BCUT2D eigenvalue weighted by atomic mass is 32.2. The van der Waals surface area contributed by atoms with E-state index in [4.69, 9.17) is 4.42 Å². The number of hydrogen-bond donors (Lipinski definition) is 1. The summed E-state index contributed by atoms with van der Waals surface area (Å²) in [6.07, 6.45) is 2.87. The third-order valence-corrected chi connectivity index (χ3v) is 8.69. The summed E-state index contributed by atoms with van der Waals surface area (Å²) in [6, 6.07) is 13.6. The first-order chi connectivity index (χ1) is 12.0. The van der Waals surface area contributed by atoms with E-state index in [0.717, 1.165) is 33.9 Å². The van der Waals surface area contributed by atoms with E-state index in [1.54, 1.807) is 0 Å². The van der Waals surface area contributed by atoms with Crippen molar-refractivity contribution in [3.8, 4) is 0 Å². The van der Waals surface area contributed by atoms with E-state index in [1.807, 2.05) is 42.5 Å². The van der Waals surface area contributed by atoms with Crippen LogP contribution in [0.15, 0.2) is 46.9 Å². The second-order valence-corrected chi connectivity index (χ2v) is 10.0. The molecule has 2 aliphatic rings. The van der Waals surface area contributed by atoms with Crippen LogP contribution in [-0.4, -0.2) is 24.0 Å². The average molecular weight is 356 g/mol. The van der Waals surface area contributed by atoms with Crippen molar-refractivity contribution in [1.82, 2.24) is 0 Å². The van der Waals surface area contributed by atoms with Gasteiger partial charge in [-0.25, -0.2) is 8.42 Å². The maximum Gasteiger partial charge on any atom is 0.156 e. The molecule has 5 heteroatoms. The maximum absolute atomic E-state index is 12.5. The Labute approximate surface area is 146 Å². The number of aliphatic hydroxyl groups is 1. The molecule has 25 heavy (non-hydrogen) atoms. The van der Waals surface area contributed by atoms with E-state index < -0.39 is 25.9 Å². The van der Waals surface area contributed by atoms with E-state index in [0.29, 0.717) is 25.7 Å². The Balaban J connectivity index is 1.64. The van der Waals surface area contributed by atoms with E-state index in [9.17, 15) is 13.5 Å². The summed E-state index contributed by atoms with van der Waals surface area (Å²) in [5.74, 6) is 0. The first-order valence-electron chi connectivity index (χ1n) is 8.84. The molecule has 2 aliphatic heterocycles. The lowest BCUT2D eigenvalue weighted by Gasteiger charge is -2.44. The number of benzene rings is 2. The van der Waals surface area contributed by atoms with E-state index in [1.165, 1.54) is 0 Å². The van der Waals surface area contributed by atoms with Crippen LogP contribution in [0.1, 0.15) is 37.7 Å². The van der Waals surface area contributed by atoms with Crippen molar-refractivity contribution in [2.24, 2.45) is 0 Å². The van der Waals surface area contributed by atoms with Gasteiger partial charge in [0.05, 0.1) is 16.1 Å². The van der Waals surface area contributed by atoms with Gasteiger partial charge in [0.1, 0.15) is 11.2 Å². The zero-order valence-electron chi connectivity index (χ0n) is 13.8. The van der Waals surface area contributed by atoms with Crippen molar-refractivity contribution in [3.63, 3.8) is 0 Å². The van der Waals surface area contributed by atoms with Gasteiger partial charge in [0, 0.05) is 10.8 Å². The minimum Gasteiger partial charge on any atom is -0.456 e. The van der Waals surface area contributed by atoms with Gasteiger partial charge in [-0.05, 0) is 49.4 Å². The van der Waals surface area contributed by atoms with Crippen LogP contribution in [0.2, 0.25) is 0 Å². The van der Waals surface area contributed by atoms with Crippen LogP contribution >= 0.6 is 0 Å². The van der Waals surface area contributed by atoms with Crippen molar-refractivity contribution in [1.29, 1.82) is 0 Å². The normalized spacial score (nSPS) is 31.4. The third kappa shape index (κ3) is 2.19. The largest absolute Gasteiger partial charge is 0.456 e. The molecule has 2 fully saturated rings. The minimum absolute atomic E-state index is 0.299. The first kappa shape index (κ1) is 15.4. The molecule has 3 aromatic rings. The monoisotopic (exact) mass is 356 g/mol. The van der Waals surface area contributed by atoms with E-state index in [2.05, 4.69) is 0 Å². The predicted octanol–water partition coefficient (Wildman–Crippen LogP) is 3.90. The van der Waals surface area contributed by atoms with Gasteiger partial charge in [-0.2, -0.15) is 0 Å². The summed E-state index contributed by atoms with van der Waals surface area (Å²) in [5.41, 5.74) is 1.34. The van der Waals surface area contributed by atoms with Crippen molar-refractivity contribution < 1.29 is 17.9 Å². The molecule has 0 saturated carbocycles. The van der Waals surface area contributed by atoms with Crippen molar-refractivity contribution in [2.75, 3.05) is 0 Å². The summed E-state index contributed by atoms with van der Waals surface area (Å²) in [5, 5.41) is 12.5. The number of rotatable bonds is 1. The Bertz CT molecular complexity index is 1060. The molecule has 130 valence electrons. The number of furan rings is 1. The van der Waals surface area contributed by atoms with Crippen LogP contribution < -0.4 is 0 Å². The second-order valence-electron chi connectivity index (χ2n) is 7.51. The molecular weight excluding hydrogens is 336 g/mol. The number of hydrogen-bond acceptors (Lipinski definition) is 4. The SMILES string of the molecule is O=S1(=O)C2CCCC1CC(O)(c1ccc3oc4ccccc4c3c1)C2. The van der Waals surface area contributed by atoms with Gasteiger partial charge in [-0.1, -0.05) is 30.7 Å². The number of para-hydroxylation sites is 1. The molecule has 3 heterocycles. The predicted molar refractivity (Wildman–Crippen MR) is 97.2 cm³/mol. The quantitative estimate of drug-likeness (QED) is 0.718. The molecule has 0 amide bonds. The highest BCUT2D eigenvalue weighted by Crippen LogP contribution is 2.46.